The third-order valence-corrected chi connectivity index (χ3v) is 2.91. The van der Waals surface area contributed by atoms with Crippen LogP contribution in [0.2, 0.25) is 0 Å². The predicted octanol–water partition coefficient (Wildman–Crippen LogP) is 0.786. The van der Waals surface area contributed by atoms with Gasteiger partial charge in [0.05, 0.1) is 5.88 Å². The molecule has 0 bridgehead atoms. The Hall–Kier alpha value is -1.49. The lowest BCUT2D eigenvalue weighted by Crippen LogP contribution is -2.27. The third kappa shape index (κ3) is 2.12. The highest BCUT2D eigenvalue weighted by molar-refractivity contribution is 8.02. The molecule has 1 atom stereocenters. The lowest BCUT2D eigenvalue weighted by Gasteiger charge is -2.14. The standard InChI is InChI=1S/C10H11N3OS/c11-10(14)9(8-5-15-6-13-8)7-2-1-3-12-4-7/h1-5,9,13H,6H2,(H2,11,14). The van der Waals surface area contributed by atoms with Crippen LogP contribution in [0.1, 0.15) is 11.5 Å². The first-order valence-corrected chi connectivity index (χ1v) is 5.58. The van der Waals surface area contributed by atoms with Gasteiger partial charge in [0.2, 0.25) is 5.91 Å². The van der Waals surface area contributed by atoms with E-state index in [-0.39, 0.29) is 5.91 Å². The van der Waals surface area contributed by atoms with Crippen molar-refractivity contribution in [3.8, 4) is 0 Å². The van der Waals surface area contributed by atoms with Gasteiger partial charge < -0.3 is 11.1 Å². The van der Waals surface area contributed by atoms with E-state index in [0.29, 0.717) is 0 Å². The molecule has 78 valence electrons. The van der Waals surface area contributed by atoms with Crippen LogP contribution in [0.5, 0.6) is 0 Å². The molecule has 0 aromatic carbocycles. The van der Waals surface area contributed by atoms with Gasteiger partial charge in [0, 0.05) is 18.1 Å². The van der Waals surface area contributed by atoms with Crippen LogP contribution in [0.3, 0.4) is 0 Å². The van der Waals surface area contributed by atoms with Crippen LogP contribution in [-0.4, -0.2) is 16.8 Å². The van der Waals surface area contributed by atoms with Crippen LogP contribution in [0, 0.1) is 0 Å². The third-order valence-electron chi connectivity index (χ3n) is 2.18. The maximum Gasteiger partial charge on any atom is 0.231 e. The second kappa shape index (κ2) is 4.35. The predicted molar refractivity (Wildman–Crippen MR) is 59.8 cm³/mol. The van der Waals surface area contributed by atoms with Gasteiger partial charge in [0.1, 0.15) is 5.92 Å². The van der Waals surface area contributed by atoms with E-state index < -0.39 is 5.92 Å². The molecule has 1 aliphatic rings. The van der Waals surface area contributed by atoms with E-state index >= 15 is 0 Å². The molecular formula is C10H11N3OS. The molecule has 1 aliphatic heterocycles. The van der Waals surface area contributed by atoms with Crippen molar-refractivity contribution in [1.29, 1.82) is 0 Å². The maximum atomic E-state index is 11.4. The fourth-order valence-corrected chi connectivity index (χ4v) is 2.24. The first-order valence-electron chi connectivity index (χ1n) is 4.54. The Morgan fingerprint density at radius 1 is 1.67 bits per heavy atom. The summed E-state index contributed by atoms with van der Waals surface area (Å²) in [6.07, 6.45) is 3.34. The number of hydrogen-bond acceptors (Lipinski definition) is 4. The number of nitrogens with two attached hydrogens (primary N) is 1. The van der Waals surface area contributed by atoms with Crippen molar-refractivity contribution in [3.63, 3.8) is 0 Å². The molecule has 1 aromatic rings. The Labute approximate surface area is 92.0 Å². The Kier molecular flexibility index (Phi) is 2.91. The number of carbonyl (C=O) groups is 1. The minimum absolute atomic E-state index is 0.357. The maximum absolute atomic E-state index is 11.4. The number of nitrogens with one attached hydrogen (secondary N) is 1. The number of rotatable bonds is 3. The highest BCUT2D eigenvalue weighted by Crippen LogP contribution is 2.27. The summed E-state index contributed by atoms with van der Waals surface area (Å²) in [5.41, 5.74) is 7.08. The SMILES string of the molecule is NC(=O)C(C1=CSCN1)c1cccnc1. The van der Waals surface area contributed by atoms with E-state index in [0.717, 1.165) is 17.1 Å². The number of aromatic nitrogens is 1. The van der Waals surface area contributed by atoms with Gasteiger partial charge in [-0.15, -0.1) is 11.8 Å². The minimum Gasteiger partial charge on any atom is -0.378 e. The average molecular weight is 221 g/mol. The van der Waals surface area contributed by atoms with Crippen LogP contribution in [0.15, 0.2) is 35.6 Å². The molecule has 0 radical (unpaired) electrons. The smallest absolute Gasteiger partial charge is 0.231 e. The summed E-state index contributed by atoms with van der Waals surface area (Å²) < 4.78 is 0. The fourth-order valence-electron chi connectivity index (χ4n) is 1.51. The average Bonchev–Trinajstić information content (AvgIpc) is 2.72. The quantitative estimate of drug-likeness (QED) is 0.791. The molecule has 1 aromatic heterocycles. The molecule has 0 saturated carbocycles. The van der Waals surface area contributed by atoms with Crippen LogP contribution >= 0.6 is 11.8 Å². The summed E-state index contributed by atoms with van der Waals surface area (Å²) in [7, 11) is 0. The molecule has 1 unspecified atom stereocenters. The first-order chi connectivity index (χ1) is 7.29. The Morgan fingerprint density at radius 2 is 2.53 bits per heavy atom. The second-order valence-corrected chi connectivity index (χ2v) is 4.04. The molecule has 0 fully saturated rings. The largest absolute Gasteiger partial charge is 0.378 e. The van der Waals surface area contributed by atoms with Gasteiger partial charge >= 0.3 is 0 Å². The van der Waals surface area contributed by atoms with Crippen molar-refractivity contribution in [1.82, 2.24) is 10.3 Å². The zero-order valence-corrected chi connectivity index (χ0v) is 8.83. The Morgan fingerprint density at radius 3 is 3.07 bits per heavy atom. The lowest BCUT2D eigenvalue weighted by atomic mass is 9.97. The van der Waals surface area contributed by atoms with Gasteiger partial charge in [-0.2, -0.15) is 0 Å². The van der Waals surface area contributed by atoms with Gasteiger partial charge in [0.15, 0.2) is 0 Å². The van der Waals surface area contributed by atoms with Crippen molar-refractivity contribution in [2.45, 2.75) is 5.92 Å². The second-order valence-electron chi connectivity index (χ2n) is 3.18. The van der Waals surface area contributed by atoms with Crippen molar-refractivity contribution in [3.05, 3.63) is 41.2 Å². The van der Waals surface area contributed by atoms with E-state index in [1.165, 1.54) is 0 Å². The molecule has 15 heavy (non-hydrogen) atoms. The first kappa shape index (κ1) is 10.0. The number of carbonyl (C=O) groups excluding carboxylic acids is 1. The molecule has 5 heteroatoms. The number of primary amides is 1. The van der Waals surface area contributed by atoms with Gasteiger partial charge in [-0.25, -0.2) is 0 Å². The van der Waals surface area contributed by atoms with Crippen molar-refractivity contribution in [2.75, 3.05) is 5.88 Å². The van der Waals surface area contributed by atoms with E-state index in [2.05, 4.69) is 10.3 Å². The molecule has 0 aliphatic carbocycles. The Balaban J connectivity index is 2.32. The van der Waals surface area contributed by atoms with E-state index in [4.69, 9.17) is 5.73 Å². The van der Waals surface area contributed by atoms with Crippen LogP contribution in [0.4, 0.5) is 0 Å². The fraction of sp³-hybridized carbons (Fsp3) is 0.200. The van der Waals surface area contributed by atoms with Crippen LogP contribution < -0.4 is 11.1 Å². The highest BCUT2D eigenvalue weighted by atomic mass is 32.2. The Bertz CT molecular complexity index is 391. The van der Waals surface area contributed by atoms with E-state index in [9.17, 15) is 4.79 Å². The topological polar surface area (TPSA) is 68.0 Å². The zero-order chi connectivity index (χ0) is 10.7. The summed E-state index contributed by atoms with van der Waals surface area (Å²) >= 11 is 1.62. The van der Waals surface area contributed by atoms with Crippen LogP contribution in [-0.2, 0) is 4.79 Å². The van der Waals surface area contributed by atoms with Gasteiger partial charge in [-0.1, -0.05) is 6.07 Å². The normalized spacial score (nSPS) is 16.7. The van der Waals surface area contributed by atoms with Gasteiger partial charge in [0.25, 0.3) is 0 Å². The van der Waals surface area contributed by atoms with Crippen molar-refractivity contribution >= 4 is 17.7 Å². The molecule has 3 N–H and O–H groups in total. The van der Waals surface area contributed by atoms with Gasteiger partial charge in [-0.3, -0.25) is 9.78 Å². The molecular weight excluding hydrogens is 210 g/mol. The molecule has 0 saturated heterocycles. The number of nitrogens with zero attached hydrogens (tertiary/aromatic N) is 1. The summed E-state index contributed by atoms with van der Waals surface area (Å²) in [6.45, 7) is 0. The molecule has 0 spiro atoms. The summed E-state index contributed by atoms with van der Waals surface area (Å²) in [5, 5.41) is 5.06. The number of pyridine rings is 1. The summed E-state index contributed by atoms with van der Waals surface area (Å²) in [5.74, 6) is 0.0253. The van der Waals surface area contributed by atoms with Crippen LogP contribution in [0.25, 0.3) is 0 Å². The number of hydrogen-bond donors (Lipinski definition) is 2. The molecule has 1 amide bonds. The van der Waals surface area contributed by atoms with Crippen molar-refractivity contribution in [2.24, 2.45) is 5.73 Å². The number of thioether (sulfide) groups is 1. The van der Waals surface area contributed by atoms with Crippen molar-refractivity contribution < 1.29 is 4.79 Å². The van der Waals surface area contributed by atoms with E-state index in [1.54, 1.807) is 30.2 Å². The molecule has 2 heterocycles. The lowest BCUT2D eigenvalue weighted by molar-refractivity contribution is -0.118. The van der Waals surface area contributed by atoms with E-state index in [1.807, 2.05) is 11.5 Å². The molecule has 4 nitrogen and oxygen atoms in total. The highest BCUT2D eigenvalue weighted by Gasteiger charge is 2.24. The zero-order valence-electron chi connectivity index (χ0n) is 8.01. The van der Waals surface area contributed by atoms with Gasteiger partial charge in [-0.05, 0) is 17.0 Å². The molecule has 2 rings (SSSR count). The monoisotopic (exact) mass is 221 g/mol. The summed E-state index contributed by atoms with van der Waals surface area (Å²) in [4.78, 5) is 15.4. The number of amides is 1. The minimum atomic E-state index is -0.409. The summed E-state index contributed by atoms with van der Waals surface area (Å²) in [6, 6.07) is 3.65.